The Kier molecular flexibility index (Phi) is 2.49. The number of ketones is 1. The van der Waals surface area contributed by atoms with Crippen LogP contribution in [0.25, 0.3) is 11.0 Å². The summed E-state index contributed by atoms with van der Waals surface area (Å²) in [6, 6.07) is 4.05. The maximum Gasteiger partial charge on any atom is 0.197 e. The highest BCUT2D eigenvalue weighted by atomic mass is 35.5. The molecule has 15 heavy (non-hydrogen) atoms. The number of rotatable bonds is 2. The first-order valence-electron chi connectivity index (χ1n) is 4.54. The van der Waals surface area contributed by atoms with Gasteiger partial charge in [0.05, 0.1) is 10.4 Å². The molecule has 0 fully saturated rings. The highest BCUT2D eigenvalue weighted by molar-refractivity contribution is 6.34. The Labute approximate surface area is 90.6 Å². The molecule has 0 saturated heterocycles. The van der Waals surface area contributed by atoms with Gasteiger partial charge in [-0.15, -0.1) is 0 Å². The molecule has 1 aromatic carbocycles. The summed E-state index contributed by atoms with van der Waals surface area (Å²) in [5, 5.41) is 0.556. The summed E-state index contributed by atoms with van der Waals surface area (Å²) in [6.45, 7) is 1.72. The smallest absolute Gasteiger partial charge is 0.197 e. The van der Waals surface area contributed by atoms with E-state index in [1.807, 2.05) is 0 Å². The van der Waals surface area contributed by atoms with Crippen molar-refractivity contribution in [3.63, 3.8) is 0 Å². The van der Waals surface area contributed by atoms with Gasteiger partial charge in [0.1, 0.15) is 5.82 Å². The van der Waals surface area contributed by atoms with Crippen molar-refractivity contribution in [1.29, 1.82) is 0 Å². The van der Waals surface area contributed by atoms with Gasteiger partial charge in [-0.25, -0.2) is 4.39 Å². The minimum absolute atomic E-state index is 0.152. The van der Waals surface area contributed by atoms with Crippen LogP contribution in [0.4, 0.5) is 4.39 Å². The van der Waals surface area contributed by atoms with Crippen LogP contribution in [0.15, 0.2) is 22.6 Å². The number of benzene rings is 1. The monoisotopic (exact) mass is 226 g/mol. The number of Topliss-reactive ketones (excluding diaryl/α,β-unsaturated/α-hetero) is 1. The molecule has 0 aliphatic carbocycles. The van der Waals surface area contributed by atoms with Crippen LogP contribution in [-0.4, -0.2) is 5.78 Å². The van der Waals surface area contributed by atoms with Gasteiger partial charge in [0, 0.05) is 6.42 Å². The molecule has 0 aliphatic heterocycles. The lowest BCUT2D eigenvalue weighted by atomic mass is 10.2. The van der Waals surface area contributed by atoms with Crippen molar-refractivity contribution in [3.8, 4) is 0 Å². The van der Waals surface area contributed by atoms with Gasteiger partial charge in [0.15, 0.2) is 17.1 Å². The molecule has 0 unspecified atom stereocenters. The second kappa shape index (κ2) is 3.66. The fraction of sp³-hybridized carbons (Fsp3) is 0.182. The third-order valence-corrected chi connectivity index (χ3v) is 2.48. The summed E-state index contributed by atoms with van der Waals surface area (Å²) in [6.07, 6.45) is 0.319. The van der Waals surface area contributed by atoms with Crippen LogP contribution in [0, 0.1) is 5.82 Å². The van der Waals surface area contributed by atoms with E-state index in [0.717, 1.165) is 0 Å². The number of halogens is 2. The highest BCUT2D eigenvalue weighted by Crippen LogP contribution is 2.29. The molecule has 0 spiro atoms. The number of hydrogen-bond acceptors (Lipinski definition) is 2. The second-order valence-corrected chi connectivity index (χ2v) is 3.57. The average molecular weight is 227 g/mol. The topological polar surface area (TPSA) is 30.2 Å². The SMILES string of the molecule is CCC(=O)c1cc2c(F)ccc(Cl)c2o1. The molecule has 0 radical (unpaired) electrons. The van der Waals surface area contributed by atoms with Gasteiger partial charge >= 0.3 is 0 Å². The summed E-state index contributed by atoms with van der Waals surface area (Å²) in [7, 11) is 0. The lowest BCUT2D eigenvalue weighted by Gasteiger charge is -1.92. The predicted octanol–water partition coefficient (Wildman–Crippen LogP) is 3.82. The standard InChI is InChI=1S/C11H8ClFO2/c1-2-9(14)10-5-6-8(13)4-3-7(12)11(6)15-10/h3-5H,2H2,1H3. The molecule has 0 saturated carbocycles. The first-order chi connectivity index (χ1) is 7.13. The molecule has 78 valence electrons. The lowest BCUT2D eigenvalue weighted by molar-refractivity contribution is 0.0963. The Bertz CT molecular complexity index is 492. The highest BCUT2D eigenvalue weighted by Gasteiger charge is 2.14. The third-order valence-electron chi connectivity index (χ3n) is 2.18. The predicted molar refractivity (Wildman–Crippen MR) is 55.8 cm³/mol. The van der Waals surface area contributed by atoms with E-state index in [-0.39, 0.29) is 22.5 Å². The molecule has 2 aromatic rings. The molecule has 0 bridgehead atoms. The van der Waals surface area contributed by atoms with Crippen LogP contribution in [0.5, 0.6) is 0 Å². The number of hydrogen-bond donors (Lipinski definition) is 0. The zero-order valence-electron chi connectivity index (χ0n) is 8.01. The van der Waals surface area contributed by atoms with Gasteiger partial charge in [-0.3, -0.25) is 4.79 Å². The van der Waals surface area contributed by atoms with Gasteiger partial charge in [0.25, 0.3) is 0 Å². The quantitative estimate of drug-likeness (QED) is 0.729. The summed E-state index contributed by atoms with van der Waals surface area (Å²) >= 11 is 5.82. The molecule has 1 aromatic heterocycles. The van der Waals surface area contributed by atoms with Crippen LogP contribution in [0.3, 0.4) is 0 Å². The molecule has 0 aliphatic rings. The fourth-order valence-electron chi connectivity index (χ4n) is 1.37. The Morgan fingerprint density at radius 3 is 2.87 bits per heavy atom. The molecule has 0 atom stereocenters. The summed E-state index contributed by atoms with van der Waals surface area (Å²) < 4.78 is 18.5. The van der Waals surface area contributed by atoms with Crippen molar-refractivity contribution in [2.75, 3.05) is 0 Å². The van der Waals surface area contributed by atoms with E-state index in [4.69, 9.17) is 16.0 Å². The first kappa shape index (κ1) is 10.2. The van der Waals surface area contributed by atoms with Crippen LogP contribution in [0.1, 0.15) is 23.9 Å². The first-order valence-corrected chi connectivity index (χ1v) is 4.92. The minimum Gasteiger partial charge on any atom is -0.451 e. The lowest BCUT2D eigenvalue weighted by Crippen LogP contribution is -1.92. The zero-order valence-corrected chi connectivity index (χ0v) is 8.77. The van der Waals surface area contributed by atoms with E-state index < -0.39 is 5.82 Å². The third kappa shape index (κ3) is 1.63. The minimum atomic E-state index is -0.437. The molecular formula is C11H8ClFO2. The molecule has 4 heteroatoms. The zero-order chi connectivity index (χ0) is 11.0. The number of fused-ring (bicyclic) bond motifs is 1. The van der Waals surface area contributed by atoms with E-state index in [1.54, 1.807) is 6.92 Å². The van der Waals surface area contributed by atoms with E-state index in [2.05, 4.69) is 0 Å². The number of carbonyl (C=O) groups is 1. The maximum atomic E-state index is 13.3. The van der Waals surface area contributed by atoms with Crippen LogP contribution < -0.4 is 0 Å². The van der Waals surface area contributed by atoms with Crippen LogP contribution in [-0.2, 0) is 0 Å². The molecular weight excluding hydrogens is 219 g/mol. The van der Waals surface area contributed by atoms with Crippen molar-refractivity contribution in [3.05, 3.63) is 34.8 Å². The molecule has 0 amide bonds. The Morgan fingerprint density at radius 2 is 2.27 bits per heavy atom. The Balaban J connectivity index is 2.70. The van der Waals surface area contributed by atoms with E-state index >= 15 is 0 Å². The molecule has 2 rings (SSSR count). The van der Waals surface area contributed by atoms with E-state index in [1.165, 1.54) is 18.2 Å². The largest absolute Gasteiger partial charge is 0.451 e. The normalized spacial score (nSPS) is 10.9. The van der Waals surface area contributed by atoms with Gasteiger partial charge in [-0.1, -0.05) is 18.5 Å². The Morgan fingerprint density at radius 1 is 1.53 bits per heavy atom. The molecule has 0 N–H and O–H groups in total. The van der Waals surface area contributed by atoms with Crippen LogP contribution >= 0.6 is 11.6 Å². The molecule has 2 nitrogen and oxygen atoms in total. The summed E-state index contributed by atoms with van der Waals surface area (Å²) in [4.78, 5) is 11.3. The van der Waals surface area contributed by atoms with E-state index in [9.17, 15) is 9.18 Å². The van der Waals surface area contributed by atoms with Crippen LogP contribution in [0.2, 0.25) is 5.02 Å². The van der Waals surface area contributed by atoms with Crippen molar-refractivity contribution in [1.82, 2.24) is 0 Å². The van der Waals surface area contributed by atoms with Gasteiger partial charge < -0.3 is 4.42 Å². The maximum absolute atomic E-state index is 13.3. The van der Waals surface area contributed by atoms with Gasteiger partial charge in [-0.05, 0) is 18.2 Å². The van der Waals surface area contributed by atoms with Crippen molar-refractivity contribution >= 4 is 28.4 Å². The van der Waals surface area contributed by atoms with Crippen molar-refractivity contribution in [2.24, 2.45) is 0 Å². The number of carbonyl (C=O) groups excluding carboxylic acids is 1. The second-order valence-electron chi connectivity index (χ2n) is 3.16. The van der Waals surface area contributed by atoms with Crippen molar-refractivity contribution in [2.45, 2.75) is 13.3 Å². The van der Waals surface area contributed by atoms with E-state index in [0.29, 0.717) is 11.4 Å². The van der Waals surface area contributed by atoms with Gasteiger partial charge in [0.2, 0.25) is 0 Å². The average Bonchev–Trinajstić information content (AvgIpc) is 2.68. The van der Waals surface area contributed by atoms with Crippen molar-refractivity contribution < 1.29 is 13.6 Å². The summed E-state index contributed by atoms with van der Waals surface area (Å²) in [5.74, 6) is -0.450. The van der Waals surface area contributed by atoms with Gasteiger partial charge in [-0.2, -0.15) is 0 Å². The number of furan rings is 1. The summed E-state index contributed by atoms with van der Waals surface area (Å²) in [5.41, 5.74) is 0.230. The fourth-order valence-corrected chi connectivity index (χ4v) is 1.57. The Hall–Kier alpha value is -1.35. The molecule has 1 heterocycles.